The molecule has 4 rings (SSSR count). The number of nitrogens with zero attached hydrogens (tertiary/aromatic N) is 3. The molecule has 4 aromatic rings. The van der Waals surface area contributed by atoms with Crippen LogP contribution in [0.2, 0.25) is 5.02 Å². The zero-order chi connectivity index (χ0) is 20.6. The Labute approximate surface area is 171 Å². The Bertz CT molecular complexity index is 1150. The number of nitrogens with one attached hydrogen (secondary N) is 2. The SMILES string of the molecule is CC(Nc1ccc(SC(F)(F)F)c(Cl)c1)c1ccc2oc(-c3nn[nH]n3)cc2c1. The zero-order valence-electron chi connectivity index (χ0n) is 14.8. The van der Waals surface area contributed by atoms with Crippen LogP contribution in [0.3, 0.4) is 0 Å². The minimum atomic E-state index is -4.38. The molecule has 2 aromatic carbocycles. The van der Waals surface area contributed by atoms with Gasteiger partial charge in [0.2, 0.25) is 5.82 Å². The Kier molecular flexibility index (Phi) is 5.13. The molecule has 11 heteroatoms. The highest BCUT2D eigenvalue weighted by Gasteiger charge is 2.30. The topological polar surface area (TPSA) is 79.6 Å². The van der Waals surface area contributed by atoms with Crippen LogP contribution in [-0.4, -0.2) is 26.1 Å². The molecule has 2 aromatic heterocycles. The van der Waals surface area contributed by atoms with E-state index in [9.17, 15) is 13.2 Å². The van der Waals surface area contributed by atoms with E-state index in [1.807, 2.05) is 31.2 Å². The second-order valence-electron chi connectivity index (χ2n) is 6.20. The highest BCUT2D eigenvalue weighted by molar-refractivity contribution is 8.00. The molecule has 0 aliphatic rings. The summed E-state index contributed by atoms with van der Waals surface area (Å²) in [5, 5.41) is 17.8. The number of H-pyrrole nitrogens is 1. The lowest BCUT2D eigenvalue weighted by molar-refractivity contribution is -0.0328. The summed E-state index contributed by atoms with van der Waals surface area (Å²) in [6.07, 6.45) is 0. The Balaban J connectivity index is 1.53. The maximum atomic E-state index is 12.5. The molecule has 2 N–H and O–H groups in total. The summed E-state index contributed by atoms with van der Waals surface area (Å²) in [5.74, 6) is 0.858. The quantitative estimate of drug-likeness (QED) is 0.368. The van der Waals surface area contributed by atoms with Crippen LogP contribution in [0.25, 0.3) is 22.6 Å². The van der Waals surface area contributed by atoms with Crippen molar-refractivity contribution in [2.75, 3.05) is 5.32 Å². The Morgan fingerprint density at radius 3 is 2.69 bits per heavy atom. The molecule has 0 fully saturated rings. The van der Waals surface area contributed by atoms with E-state index >= 15 is 0 Å². The average Bonchev–Trinajstić information content (AvgIpc) is 3.31. The third-order valence-electron chi connectivity index (χ3n) is 4.15. The fraction of sp³-hybridized carbons (Fsp3) is 0.167. The van der Waals surface area contributed by atoms with Crippen LogP contribution in [0.15, 0.2) is 51.8 Å². The van der Waals surface area contributed by atoms with Gasteiger partial charge in [-0.1, -0.05) is 17.7 Å². The standard InChI is InChI=1S/C18H13ClF3N5OS/c1-9(23-12-3-5-16(13(19)8-12)29-18(20,21)22)10-2-4-14-11(6-10)7-15(28-14)17-24-26-27-25-17/h2-9,23H,1H3,(H,24,25,26,27). The monoisotopic (exact) mass is 439 g/mol. The van der Waals surface area contributed by atoms with E-state index in [0.717, 1.165) is 10.9 Å². The fourth-order valence-electron chi connectivity index (χ4n) is 2.84. The van der Waals surface area contributed by atoms with Gasteiger partial charge in [0.1, 0.15) is 5.58 Å². The Morgan fingerprint density at radius 1 is 1.17 bits per heavy atom. The number of rotatable bonds is 5. The number of hydrogen-bond acceptors (Lipinski definition) is 6. The first-order valence-corrected chi connectivity index (χ1v) is 9.57. The lowest BCUT2D eigenvalue weighted by Crippen LogP contribution is -2.06. The maximum Gasteiger partial charge on any atom is 0.446 e. The van der Waals surface area contributed by atoms with Gasteiger partial charge < -0.3 is 9.73 Å². The Morgan fingerprint density at radius 2 is 2.00 bits per heavy atom. The molecule has 0 saturated carbocycles. The molecule has 0 saturated heterocycles. The molecule has 0 radical (unpaired) electrons. The number of hydrogen-bond donors (Lipinski definition) is 2. The van der Waals surface area contributed by atoms with Gasteiger partial charge in [0.25, 0.3) is 0 Å². The van der Waals surface area contributed by atoms with E-state index < -0.39 is 5.51 Å². The van der Waals surface area contributed by atoms with Crippen LogP contribution in [0.5, 0.6) is 0 Å². The number of aromatic amines is 1. The molecule has 29 heavy (non-hydrogen) atoms. The van der Waals surface area contributed by atoms with Gasteiger partial charge in [-0.3, -0.25) is 0 Å². The van der Waals surface area contributed by atoms with Crippen molar-refractivity contribution in [1.82, 2.24) is 20.6 Å². The molecule has 0 spiro atoms. The number of aromatic nitrogens is 4. The van der Waals surface area contributed by atoms with Gasteiger partial charge in [-0.15, -0.1) is 10.2 Å². The van der Waals surface area contributed by atoms with E-state index in [1.165, 1.54) is 12.1 Å². The second-order valence-corrected chi connectivity index (χ2v) is 7.72. The minimum Gasteiger partial charge on any atom is -0.453 e. The van der Waals surface area contributed by atoms with E-state index in [0.29, 0.717) is 22.9 Å². The van der Waals surface area contributed by atoms with E-state index in [2.05, 4.69) is 25.9 Å². The van der Waals surface area contributed by atoms with Crippen LogP contribution in [-0.2, 0) is 0 Å². The van der Waals surface area contributed by atoms with Crippen molar-refractivity contribution in [3.05, 3.63) is 53.1 Å². The normalized spacial score (nSPS) is 13.0. The van der Waals surface area contributed by atoms with Crippen LogP contribution in [0, 0.1) is 0 Å². The molecule has 1 atom stereocenters. The average molecular weight is 440 g/mol. The van der Waals surface area contributed by atoms with Gasteiger partial charge in [-0.05, 0) is 65.9 Å². The van der Waals surface area contributed by atoms with E-state index in [-0.39, 0.29) is 27.7 Å². The smallest absolute Gasteiger partial charge is 0.446 e. The van der Waals surface area contributed by atoms with Crippen LogP contribution in [0.1, 0.15) is 18.5 Å². The van der Waals surface area contributed by atoms with Crippen molar-refractivity contribution in [3.8, 4) is 11.6 Å². The van der Waals surface area contributed by atoms with E-state index in [4.69, 9.17) is 16.0 Å². The van der Waals surface area contributed by atoms with Crippen LogP contribution >= 0.6 is 23.4 Å². The zero-order valence-corrected chi connectivity index (χ0v) is 16.4. The molecule has 150 valence electrons. The molecular weight excluding hydrogens is 427 g/mol. The van der Waals surface area contributed by atoms with E-state index in [1.54, 1.807) is 6.07 Å². The van der Waals surface area contributed by atoms with Gasteiger partial charge >= 0.3 is 5.51 Å². The van der Waals surface area contributed by atoms with Crippen molar-refractivity contribution in [2.24, 2.45) is 0 Å². The molecule has 0 aliphatic heterocycles. The summed E-state index contributed by atoms with van der Waals surface area (Å²) in [7, 11) is 0. The van der Waals surface area contributed by atoms with Gasteiger partial charge in [0.05, 0.1) is 5.02 Å². The van der Waals surface area contributed by atoms with Crippen LogP contribution < -0.4 is 5.32 Å². The molecule has 0 bridgehead atoms. The Hall–Kier alpha value is -2.72. The lowest BCUT2D eigenvalue weighted by Gasteiger charge is -2.17. The van der Waals surface area contributed by atoms with Gasteiger partial charge in [0.15, 0.2) is 5.76 Å². The van der Waals surface area contributed by atoms with Gasteiger partial charge in [0, 0.05) is 22.0 Å². The fourth-order valence-corrected chi connectivity index (χ4v) is 3.68. The number of benzene rings is 2. The molecule has 6 nitrogen and oxygen atoms in total. The van der Waals surface area contributed by atoms with Crippen molar-refractivity contribution < 1.29 is 17.6 Å². The highest BCUT2D eigenvalue weighted by atomic mass is 35.5. The van der Waals surface area contributed by atoms with Crippen LogP contribution in [0.4, 0.5) is 18.9 Å². The third kappa shape index (κ3) is 4.48. The summed E-state index contributed by atoms with van der Waals surface area (Å²) in [6, 6.07) is 11.8. The predicted octanol–water partition coefficient (Wildman–Crippen LogP) is 6.05. The number of thioether (sulfide) groups is 1. The van der Waals surface area contributed by atoms with Crippen molar-refractivity contribution in [1.29, 1.82) is 0 Å². The number of tetrazole rings is 1. The summed E-state index contributed by atoms with van der Waals surface area (Å²) >= 11 is 5.77. The summed E-state index contributed by atoms with van der Waals surface area (Å²) < 4.78 is 43.3. The maximum absolute atomic E-state index is 12.5. The van der Waals surface area contributed by atoms with Gasteiger partial charge in [-0.25, -0.2) is 0 Å². The molecule has 1 unspecified atom stereocenters. The minimum absolute atomic E-state index is 0.0359. The highest BCUT2D eigenvalue weighted by Crippen LogP contribution is 2.41. The first kappa shape index (κ1) is 19.6. The summed E-state index contributed by atoms with van der Waals surface area (Å²) in [5.41, 5.74) is -2.12. The third-order valence-corrected chi connectivity index (χ3v) is 5.38. The van der Waals surface area contributed by atoms with Crippen molar-refractivity contribution >= 4 is 40.0 Å². The molecular formula is C18H13ClF3N5OS. The summed E-state index contributed by atoms with van der Waals surface area (Å²) in [4.78, 5) is -0.0359. The first-order valence-electron chi connectivity index (χ1n) is 8.37. The lowest BCUT2D eigenvalue weighted by atomic mass is 10.1. The van der Waals surface area contributed by atoms with Gasteiger partial charge in [-0.2, -0.15) is 18.4 Å². The second kappa shape index (κ2) is 7.60. The first-order chi connectivity index (χ1) is 13.8. The molecule has 0 amide bonds. The summed E-state index contributed by atoms with van der Waals surface area (Å²) in [6.45, 7) is 1.94. The number of halogens is 4. The largest absolute Gasteiger partial charge is 0.453 e. The molecule has 2 heterocycles. The number of alkyl halides is 3. The van der Waals surface area contributed by atoms with Crippen molar-refractivity contribution in [2.45, 2.75) is 23.4 Å². The number of anilines is 1. The molecule has 0 aliphatic carbocycles. The number of furan rings is 1. The predicted molar refractivity (Wildman–Crippen MR) is 105 cm³/mol. The number of fused-ring (bicyclic) bond motifs is 1. The van der Waals surface area contributed by atoms with Crippen molar-refractivity contribution in [3.63, 3.8) is 0 Å².